The van der Waals surface area contributed by atoms with Crippen LogP contribution in [0, 0.1) is 0 Å². The van der Waals surface area contributed by atoms with Crippen molar-refractivity contribution in [1.29, 1.82) is 0 Å². The Labute approximate surface area is 172 Å². The number of benzene rings is 1. The summed E-state index contributed by atoms with van der Waals surface area (Å²) in [6.45, 7) is 9.96. The predicted octanol–water partition coefficient (Wildman–Crippen LogP) is 5.44. The molecular weight excluding hydrogens is 362 g/mol. The number of ether oxygens (including phenoxy) is 1. The van der Waals surface area contributed by atoms with Crippen LogP contribution in [0.5, 0.6) is 0 Å². The number of fused-ring (bicyclic) bond motifs is 1. The number of aromatic nitrogens is 2. The zero-order valence-electron chi connectivity index (χ0n) is 17.8. The lowest BCUT2D eigenvalue weighted by atomic mass is 9.92. The molecule has 154 valence electrons. The van der Waals surface area contributed by atoms with E-state index in [9.17, 15) is 0 Å². The summed E-state index contributed by atoms with van der Waals surface area (Å²) < 4.78 is 7.66. The lowest BCUT2D eigenvalue weighted by Gasteiger charge is -2.21. The second-order valence-corrected chi connectivity index (χ2v) is 8.95. The zero-order valence-corrected chi connectivity index (χ0v) is 17.8. The Kier molecular flexibility index (Phi) is 5.36. The summed E-state index contributed by atoms with van der Waals surface area (Å²) in [7, 11) is 0. The van der Waals surface area contributed by atoms with Gasteiger partial charge in [-0.15, -0.1) is 0 Å². The highest BCUT2D eigenvalue weighted by Crippen LogP contribution is 2.41. The lowest BCUT2D eigenvalue weighted by Crippen LogP contribution is -2.16. The third-order valence-corrected chi connectivity index (χ3v) is 5.63. The van der Waals surface area contributed by atoms with Gasteiger partial charge in [0.2, 0.25) is 0 Å². The van der Waals surface area contributed by atoms with Crippen molar-refractivity contribution in [1.82, 2.24) is 9.55 Å². The number of aryl methyl sites for hydroxylation is 1. The molecule has 4 rings (SSSR count). The number of aliphatic hydroxyl groups excluding tert-OH is 1. The number of pyridine rings is 1. The first kappa shape index (κ1) is 19.9. The van der Waals surface area contributed by atoms with Crippen molar-refractivity contribution in [2.45, 2.75) is 65.0 Å². The van der Waals surface area contributed by atoms with Crippen LogP contribution in [0.25, 0.3) is 10.9 Å². The van der Waals surface area contributed by atoms with E-state index >= 15 is 0 Å². The van der Waals surface area contributed by atoms with E-state index in [4.69, 9.17) is 9.84 Å². The van der Waals surface area contributed by atoms with Crippen molar-refractivity contribution in [3.63, 3.8) is 0 Å². The van der Waals surface area contributed by atoms with Crippen LogP contribution in [-0.4, -0.2) is 21.5 Å². The van der Waals surface area contributed by atoms with E-state index < -0.39 is 0 Å². The van der Waals surface area contributed by atoms with Gasteiger partial charge in [-0.2, -0.15) is 0 Å². The molecule has 5 nitrogen and oxygen atoms in total. The molecule has 2 aromatic heterocycles. The second-order valence-electron chi connectivity index (χ2n) is 8.95. The molecule has 0 unspecified atom stereocenters. The Bertz CT molecular complexity index is 1010. The summed E-state index contributed by atoms with van der Waals surface area (Å²) in [5.74, 6) is 1.42. The summed E-state index contributed by atoms with van der Waals surface area (Å²) in [5, 5.41) is 13.8. The molecule has 0 radical (unpaired) electrons. The van der Waals surface area contributed by atoms with Crippen molar-refractivity contribution in [3.05, 3.63) is 53.3 Å². The van der Waals surface area contributed by atoms with Gasteiger partial charge in [0.25, 0.3) is 0 Å². The fraction of sp³-hybridized carbons (Fsp3) is 0.458. The Morgan fingerprint density at radius 1 is 1.21 bits per heavy atom. The normalized spacial score (nSPS) is 14.5. The number of rotatable bonds is 7. The highest BCUT2D eigenvalue weighted by atomic mass is 16.6. The topological polar surface area (TPSA) is 59.3 Å². The number of nitrogens with zero attached hydrogens (tertiary/aromatic N) is 2. The van der Waals surface area contributed by atoms with Gasteiger partial charge in [-0.1, -0.05) is 20.8 Å². The van der Waals surface area contributed by atoms with Crippen LogP contribution < -0.4 is 5.32 Å². The van der Waals surface area contributed by atoms with Gasteiger partial charge in [0.05, 0.1) is 6.61 Å². The summed E-state index contributed by atoms with van der Waals surface area (Å²) in [6, 6.07) is 10.9. The number of hydrogen-bond donors (Lipinski definition) is 2. The zero-order chi connectivity index (χ0) is 20.6. The van der Waals surface area contributed by atoms with Crippen LogP contribution in [0.3, 0.4) is 0 Å². The molecule has 1 saturated carbocycles. The van der Waals surface area contributed by atoms with Crippen LogP contribution in [0.4, 0.5) is 11.5 Å². The highest BCUT2D eigenvalue weighted by molar-refractivity contribution is 5.86. The minimum Gasteiger partial charge on any atom is -0.371 e. The third-order valence-electron chi connectivity index (χ3n) is 5.63. The molecule has 0 atom stereocenters. The number of nitrogens with one attached hydrogen (secondary N) is 1. The van der Waals surface area contributed by atoms with Gasteiger partial charge < -0.3 is 19.7 Å². The molecule has 0 aliphatic heterocycles. The first-order chi connectivity index (χ1) is 13.9. The van der Waals surface area contributed by atoms with Crippen molar-refractivity contribution in [2.24, 2.45) is 0 Å². The minimum atomic E-state index is -0.292. The maximum Gasteiger partial charge on any atom is 0.144 e. The van der Waals surface area contributed by atoms with Crippen molar-refractivity contribution in [2.75, 3.05) is 12.1 Å². The summed E-state index contributed by atoms with van der Waals surface area (Å²) in [4.78, 5) is 4.67. The molecule has 3 aromatic rings. The number of aliphatic hydroxyl groups is 1. The Morgan fingerprint density at radius 2 is 2.00 bits per heavy atom. The van der Waals surface area contributed by atoms with E-state index in [2.05, 4.69) is 72.9 Å². The average Bonchev–Trinajstić information content (AvgIpc) is 3.46. The molecule has 1 aromatic carbocycles. The first-order valence-corrected chi connectivity index (χ1v) is 10.5. The fourth-order valence-electron chi connectivity index (χ4n) is 3.99. The highest BCUT2D eigenvalue weighted by Gasteiger charge is 2.25. The van der Waals surface area contributed by atoms with Gasteiger partial charge in [-0.05, 0) is 61.6 Å². The Hall–Kier alpha value is -2.37. The van der Waals surface area contributed by atoms with E-state index in [1.807, 2.05) is 6.20 Å². The molecule has 2 heterocycles. The molecule has 0 spiro atoms. The van der Waals surface area contributed by atoms with E-state index in [1.165, 1.54) is 35.0 Å². The summed E-state index contributed by atoms with van der Waals surface area (Å²) in [5.41, 5.74) is 5.93. The largest absolute Gasteiger partial charge is 0.371 e. The summed E-state index contributed by atoms with van der Waals surface area (Å²) in [6.07, 6.45) is 4.43. The molecule has 0 saturated heterocycles. The van der Waals surface area contributed by atoms with Gasteiger partial charge in [0, 0.05) is 46.0 Å². The minimum absolute atomic E-state index is 0.0949. The SMILES string of the molecule is CCn1c(C(C)(C)C)cc2cc(Nc3ncc(C4CC4)cc3COCO)ccc21. The first-order valence-electron chi connectivity index (χ1n) is 10.5. The molecule has 0 bridgehead atoms. The number of hydrogen-bond acceptors (Lipinski definition) is 4. The van der Waals surface area contributed by atoms with Crippen LogP contribution in [-0.2, 0) is 23.3 Å². The van der Waals surface area contributed by atoms with E-state index in [0.717, 1.165) is 23.6 Å². The van der Waals surface area contributed by atoms with Crippen LogP contribution in [0.15, 0.2) is 36.5 Å². The molecular formula is C24H31N3O2. The summed E-state index contributed by atoms with van der Waals surface area (Å²) >= 11 is 0. The standard InChI is InChI=1S/C24H31N3O2/c1-5-27-21-9-8-20(11-17(21)12-22(27)24(2,3)4)26-23-19(14-29-15-28)10-18(13-25-23)16-6-7-16/h8-13,16,28H,5-7,14-15H2,1-4H3,(H,25,26). The van der Waals surface area contributed by atoms with Gasteiger partial charge in [-0.25, -0.2) is 4.98 Å². The number of anilines is 2. The molecule has 5 heteroatoms. The maximum atomic E-state index is 9.07. The maximum absolute atomic E-state index is 9.07. The van der Waals surface area contributed by atoms with Crippen molar-refractivity contribution < 1.29 is 9.84 Å². The Morgan fingerprint density at radius 3 is 2.66 bits per heavy atom. The molecule has 2 N–H and O–H groups in total. The van der Waals surface area contributed by atoms with Crippen molar-refractivity contribution >= 4 is 22.4 Å². The quantitative estimate of drug-likeness (QED) is 0.525. The monoisotopic (exact) mass is 393 g/mol. The van der Waals surface area contributed by atoms with E-state index in [0.29, 0.717) is 12.5 Å². The molecule has 1 aliphatic carbocycles. The molecule has 0 amide bonds. The van der Waals surface area contributed by atoms with Crippen LogP contribution in [0.2, 0.25) is 0 Å². The van der Waals surface area contributed by atoms with Gasteiger partial charge in [0.15, 0.2) is 0 Å². The van der Waals surface area contributed by atoms with Crippen LogP contribution >= 0.6 is 0 Å². The van der Waals surface area contributed by atoms with E-state index in [1.54, 1.807) is 0 Å². The molecule has 1 fully saturated rings. The van der Waals surface area contributed by atoms with Gasteiger partial charge in [-0.3, -0.25) is 0 Å². The lowest BCUT2D eigenvalue weighted by molar-refractivity contribution is -0.0111. The smallest absolute Gasteiger partial charge is 0.144 e. The average molecular weight is 394 g/mol. The third kappa shape index (κ3) is 4.16. The van der Waals surface area contributed by atoms with Crippen molar-refractivity contribution in [3.8, 4) is 0 Å². The molecule has 29 heavy (non-hydrogen) atoms. The fourth-order valence-corrected chi connectivity index (χ4v) is 3.99. The second kappa shape index (κ2) is 7.81. The Balaban J connectivity index is 1.67. The molecule has 1 aliphatic rings. The predicted molar refractivity (Wildman–Crippen MR) is 118 cm³/mol. The van der Waals surface area contributed by atoms with E-state index in [-0.39, 0.29) is 12.2 Å². The van der Waals surface area contributed by atoms with Gasteiger partial charge >= 0.3 is 0 Å². The van der Waals surface area contributed by atoms with Gasteiger partial charge in [0.1, 0.15) is 12.6 Å². The van der Waals surface area contributed by atoms with Crippen LogP contribution in [0.1, 0.15) is 63.3 Å².